The second-order valence-electron chi connectivity index (χ2n) is 5.90. The molecule has 0 bridgehead atoms. The molecule has 0 unspecified atom stereocenters. The van der Waals surface area contributed by atoms with Gasteiger partial charge in [-0.25, -0.2) is 0 Å². The highest BCUT2D eigenvalue weighted by Gasteiger charge is 2.26. The molecular formula is C20H15N. The molecule has 1 aliphatic carbocycles. The molecule has 21 heavy (non-hydrogen) atoms. The second kappa shape index (κ2) is 3.76. The Hall–Kier alpha value is -2.54. The minimum absolute atomic E-state index is 1.05. The van der Waals surface area contributed by atoms with Crippen LogP contribution in [0.4, 0.5) is 0 Å². The quantitative estimate of drug-likeness (QED) is 0.377. The largest absolute Gasteiger partial charge is 0.343 e. The third-order valence-corrected chi connectivity index (χ3v) is 4.83. The molecule has 0 atom stereocenters. The number of benzene rings is 3. The molecule has 4 aromatic rings. The lowest BCUT2D eigenvalue weighted by atomic mass is 10.0. The molecule has 1 nitrogen and oxygen atoms in total. The van der Waals surface area contributed by atoms with E-state index >= 15 is 0 Å². The molecule has 0 radical (unpaired) electrons. The van der Waals surface area contributed by atoms with Gasteiger partial charge in [0.2, 0.25) is 0 Å². The van der Waals surface area contributed by atoms with Gasteiger partial charge in [0.05, 0.1) is 5.69 Å². The van der Waals surface area contributed by atoms with Crippen molar-refractivity contribution in [3.8, 4) is 11.3 Å². The third-order valence-electron chi connectivity index (χ3n) is 4.83. The zero-order chi connectivity index (χ0) is 14.0. The van der Waals surface area contributed by atoms with Crippen LogP contribution in [0.15, 0.2) is 60.7 Å². The van der Waals surface area contributed by atoms with E-state index in [2.05, 4.69) is 72.3 Å². The average molecular weight is 269 g/mol. The molecule has 0 fully saturated rings. The van der Waals surface area contributed by atoms with Gasteiger partial charge in [0.25, 0.3) is 0 Å². The van der Waals surface area contributed by atoms with Gasteiger partial charge in [-0.1, -0.05) is 54.6 Å². The van der Waals surface area contributed by atoms with Crippen LogP contribution in [-0.4, -0.2) is 4.57 Å². The van der Waals surface area contributed by atoms with E-state index in [1.807, 2.05) is 0 Å². The zero-order valence-electron chi connectivity index (χ0n) is 11.9. The summed E-state index contributed by atoms with van der Waals surface area (Å²) in [6.45, 7) is 0. The Kier molecular flexibility index (Phi) is 2.00. The molecule has 1 heterocycles. The Morgan fingerprint density at radius 1 is 0.810 bits per heavy atom. The Morgan fingerprint density at radius 3 is 2.48 bits per heavy atom. The van der Waals surface area contributed by atoms with Crippen molar-refractivity contribution < 1.29 is 0 Å². The van der Waals surface area contributed by atoms with E-state index in [1.54, 1.807) is 0 Å². The number of aryl methyl sites for hydroxylation is 1. The molecule has 0 aliphatic heterocycles. The molecule has 1 aromatic heterocycles. The first-order valence-corrected chi connectivity index (χ1v) is 7.42. The molecule has 0 spiro atoms. The maximum absolute atomic E-state index is 2.36. The predicted octanol–water partition coefficient (Wildman–Crippen LogP) is 4.90. The molecule has 0 amide bonds. The van der Waals surface area contributed by atoms with Crippen molar-refractivity contribution in [3.63, 3.8) is 0 Å². The first-order valence-electron chi connectivity index (χ1n) is 7.42. The molecule has 3 aromatic carbocycles. The maximum Gasteiger partial charge on any atom is 0.0533 e. The van der Waals surface area contributed by atoms with Gasteiger partial charge in [-0.3, -0.25) is 0 Å². The Balaban J connectivity index is 1.99. The predicted molar refractivity (Wildman–Crippen MR) is 88.7 cm³/mol. The van der Waals surface area contributed by atoms with Gasteiger partial charge >= 0.3 is 0 Å². The molecule has 1 heteroatoms. The third kappa shape index (κ3) is 1.31. The van der Waals surface area contributed by atoms with Crippen molar-refractivity contribution in [1.82, 2.24) is 4.57 Å². The summed E-state index contributed by atoms with van der Waals surface area (Å²) in [5, 5.41) is 4.10. The summed E-state index contributed by atoms with van der Waals surface area (Å²) in [7, 11) is 2.19. The van der Waals surface area contributed by atoms with Crippen molar-refractivity contribution in [3.05, 3.63) is 71.8 Å². The lowest BCUT2D eigenvalue weighted by molar-refractivity contribution is 0.979. The summed E-state index contributed by atoms with van der Waals surface area (Å²) in [6.07, 6.45) is 1.05. The van der Waals surface area contributed by atoms with Crippen LogP contribution in [0.5, 0.6) is 0 Å². The fourth-order valence-corrected chi connectivity index (χ4v) is 3.90. The highest BCUT2D eigenvalue weighted by atomic mass is 15.0. The number of hydrogen-bond acceptors (Lipinski definition) is 0. The van der Waals surface area contributed by atoms with Gasteiger partial charge in [-0.15, -0.1) is 0 Å². The standard InChI is InChI=1S/C20H15N/c1-21-18-9-5-4-8-16(18)17-12-14-11-10-13-6-2-3-7-15(13)19(14)20(17)21/h2-11H,12H2,1H3. The molecule has 0 N–H and O–H groups in total. The van der Waals surface area contributed by atoms with Crippen LogP contribution in [0.2, 0.25) is 0 Å². The van der Waals surface area contributed by atoms with Crippen LogP contribution in [0.3, 0.4) is 0 Å². The monoisotopic (exact) mass is 269 g/mol. The number of aromatic nitrogens is 1. The number of hydrogen-bond donors (Lipinski definition) is 0. The normalized spacial score (nSPS) is 12.8. The van der Waals surface area contributed by atoms with Crippen molar-refractivity contribution in [1.29, 1.82) is 0 Å². The fraction of sp³-hybridized carbons (Fsp3) is 0.100. The van der Waals surface area contributed by atoms with Crippen LogP contribution < -0.4 is 0 Å². The van der Waals surface area contributed by atoms with E-state index in [0.717, 1.165) is 6.42 Å². The fourth-order valence-electron chi connectivity index (χ4n) is 3.90. The van der Waals surface area contributed by atoms with Gasteiger partial charge in [-0.05, 0) is 28.0 Å². The molecule has 0 saturated heterocycles. The topological polar surface area (TPSA) is 4.93 Å². The van der Waals surface area contributed by atoms with Crippen LogP contribution in [0.1, 0.15) is 11.1 Å². The van der Waals surface area contributed by atoms with Gasteiger partial charge in [0.15, 0.2) is 0 Å². The smallest absolute Gasteiger partial charge is 0.0533 e. The van der Waals surface area contributed by atoms with Crippen molar-refractivity contribution >= 4 is 21.7 Å². The van der Waals surface area contributed by atoms with Gasteiger partial charge < -0.3 is 4.57 Å². The molecule has 5 rings (SSSR count). The molecule has 1 aliphatic rings. The summed E-state index contributed by atoms with van der Waals surface area (Å²) >= 11 is 0. The number of nitrogens with zero attached hydrogens (tertiary/aromatic N) is 1. The van der Waals surface area contributed by atoms with E-state index in [1.165, 1.54) is 44.1 Å². The van der Waals surface area contributed by atoms with Crippen LogP contribution >= 0.6 is 0 Å². The second-order valence-corrected chi connectivity index (χ2v) is 5.90. The summed E-state index contributed by atoms with van der Waals surface area (Å²) in [6, 6.07) is 22.0. The first-order chi connectivity index (χ1) is 10.3. The average Bonchev–Trinajstić information content (AvgIpc) is 3.05. The minimum Gasteiger partial charge on any atom is -0.343 e. The number of para-hydroxylation sites is 1. The lowest BCUT2D eigenvalue weighted by Crippen LogP contribution is -1.92. The zero-order valence-corrected chi connectivity index (χ0v) is 11.9. The van der Waals surface area contributed by atoms with E-state index in [4.69, 9.17) is 0 Å². The highest BCUT2D eigenvalue weighted by Crippen LogP contribution is 2.45. The van der Waals surface area contributed by atoms with E-state index in [9.17, 15) is 0 Å². The SMILES string of the molecule is Cn1c2c(c3ccccc31)Cc1ccc3ccccc3c1-2. The number of fused-ring (bicyclic) bond motifs is 7. The lowest BCUT2D eigenvalue weighted by Gasteiger charge is -2.09. The van der Waals surface area contributed by atoms with E-state index in [0.29, 0.717) is 0 Å². The summed E-state index contributed by atoms with van der Waals surface area (Å²) in [5.41, 5.74) is 7.12. The van der Waals surface area contributed by atoms with Crippen LogP contribution in [-0.2, 0) is 13.5 Å². The minimum atomic E-state index is 1.05. The Morgan fingerprint density at radius 2 is 1.57 bits per heavy atom. The van der Waals surface area contributed by atoms with Crippen molar-refractivity contribution in [2.24, 2.45) is 7.05 Å². The molecule has 100 valence electrons. The summed E-state index contributed by atoms with van der Waals surface area (Å²) < 4.78 is 2.36. The summed E-state index contributed by atoms with van der Waals surface area (Å²) in [4.78, 5) is 0. The molecule has 0 saturated carbocycles. The Bertz CT molecular complexity index is 1020. The summed E-state index contributed by atoms with van der Waals surface area (Å²) in [5.74, 6) is 0. The van der Waals surface area contributed by atoms with Gasteiger partial charge in [-0.2, -0.15) is 0 Å². The van der Waals surface area contributed by atoms with Gasteiger partial charge in [0.1, 0.15) is 0 Å². The van der Waals surface area contributed by atoms with Gasteiger partial charge in [0, 0.05) is 29.9 Å². The van der Waals surface area contributed by atoms with Crippen LogP contribution in [0, 0.1) is 0 Å². The van der Waals surface area contributed by atoms with E-state index in [-0.39, 0.29) is 0 Å². The van der Waals surface area contributed by atoms with E-state index < -0.39 is 0 Å². The molecular weight excluding hydrogens is 254 g/mol. The Labute approximate surface area is 123 Å². The number of rotatable bonds is 0. The highest BCUT2D eigenvalue weighted by molar-refractivity contribution is 6.05. The van der Waals surface area contributed by atoms with Crippen LogP contribution in [0.25, 0.3) is 32.9 Å². The van der Waals surface area contributed by atoms with Crippen molar-refractivity contribution in [2.45, 2.75) is 6.42 Å². The van der Waals surface area contributed by atoms with Crippen molar-refractivity contribution in [2.75, 3.05) is 0 Å². The first kappa shape index (κ1) is 11.2. The maximum atomic E-state index is 2.36.